The van der Waals surface area contributed by atoms with E-state index in [0.29, 0.717) is 0 Å². The molecule has 0 aromatic heterocycles. The molecule has 0 saturated carbocycles. The van der Waals surface area contributed by atoms with Gasteiger partial charge in [0.15, 0.2) is 5.78 Å². The van der Waals surface area contributed by atoms with Crippen LogP contribution >= 0.6 is 0 Å². The molecule has 0 amide bonds. The van der Waals surface area contributed by atoms with Crippen LogP contribution < -0.4 is 0 Å². The van der Waals surface area contributed by atoms with Gasteiger partial charge in [0.1, 0.15) is 0 Å². The molecule has 0 unspecified atom stereocenters. The van der Waals surface area contributed by atoms with Crippen LogP contribution in [-0.2, 0) is 0 Å². The van der Waals surface area contributed by atoms with Crippen molar-refractivity contribution >= 4 is 5.78 Å². The summed E-state index contributed by atoms with van der Waals surface area (Å²) in [6, 6.07) is 7.59. The fourth-order valence-corrected chi connectivity index (χ4v) is 1.05. The van der Waals surface area contributed by atoms with Crippen LogP contribution in [0, 0.1) is 6.92 Å². The van der Waals surface area contributed by atoms with E-state index in [1.165, 1.54) is 0 Å². The minimum absolute atomic E-state index is 0.0706. The summed E-state index contributed by atoms with van der Waals surface area (Å²) < 4.78 is 0. The first-order chi connectivity index (χ1) is 5.74. The normalized spacial score (nSPS) is 10.5. The average Bonchev–Trinajstić information content (AvgIpc) is 2.05. The zero-order valence-electron chi connectivity index (χ0n) is 7.37. The zero-order chi connectivity index (χ0) is 8.97. The van der Waals surface area contributed by atoms with Gasteiger partial charge in [-0.3, -0.25) is 4.79 Å². The van der Waals surface area contributed by atoms with E-state index < -0.39 is 0 Å². The van der Waals surface area contributed by atoms with Crippen molar-refractivity contribution in [2.24, 2.45) is 0 Å². The Morgan fingerprint density at radius 2 is 2.17 bits per heavy atom. The van der Waals surface area contributed by atoms with Crippen LogP contribution in [0.25, 0.3) is 0 Å². The third-order valence-corrected chi connectivity index (χ3v) is 1.62. The molecule has 0 heterocycles. The molecule has 0 aliphatic carbocycles. The minimum atomic E-state index is 0.0706. The van der Waals surface area contributed by atoms with Gasteiger partial charge in [0, 0.05) is 5.56 Å². The summed E-state index contributed by atoms with van der Waals surface area (Å²) in [7, 11) is 0. The van der Waals surface area contributed by atoms with Gasteiger partial charge in [0.2, 0.25) is 0 Å². The topological polar surface area (TPSA) is 17.1 Å². The summed E-state index contributed by atoms with van der Waals surface area (Å²) in [5.41, 5.74) is 1.87. The number of allylic oxidation sites excluding steroid dienone is 2. The number of benzene rings is 1. The van der Waals surface area contributed by atoms with E-state index >= 15 is 0 Å². The molecule has 0 aliphatic heterocycles. The number of hydrogen-bond donors (Lipinski definition) is 0. The molecule has 0 N–H and O–H groups in total. The molecular weight excluding hydrogens is 148 g/mol. The van der Waals surface area contributed by atoms with Gasteiger partial charge in [-0.15, -0.1) is 0 Å². The highest BCUT2D eigenvalue weighted by molar-refractivity contribution is 6.04. The molecule has 1 aromatic carbocycles. The lowest BCUT2D eigenvalue weighted by molar-refractivity contribution is 0.104. The molecule has 62 valence electrons. The molecule has 0 spiro atoms. The molecule has 1 heteroatoms. The predicted molar refractivity (Wildman–Crippen MR) is 50.3 cm³/mol. The van der Waals surface area contributed by atoms with Gasteiger partial charge in [0.25, 0.3) is 0 Å². The number of aryl methyl sites for hydroxylation is 1. The lowest BCUT2D eigenvalue weighted by atomic mass is 10.1. The van der Waals surface area contributed by atoms with Crippen molar-refractivity contribution in [3.05, 3.63) is 47.5 Å². The number of ketones is 1. The first kappa shape index (κ1) is 8.72. The summed E-state index contributed by atoms with van der Waals surface area (Å²) in [6.07, 6.45) is 3.33. The Morgan fingerprint density at radius 1 is 1.42 bits per heavy atom. The fourth-order valence-electron chi connectivity index (χ4n) is 1.05. The second-order valence-electron chi connectivity index (χ2n) is 2.73. The fraction of sp³-hybridized carbons (Fsp3) is 0.182. The Hall–Kier alpha value is -1.37. The van der Waals surface area contributed by atoms with Crippen molar-refractivity contribution in [3.63, 3.8) is 0 Å². The highest BCUT2D eigenvalue weighted by Gasteiger charge is 1.99. The molecular formula is C11H12O. The van der Waals surface area contributed by atoms with E-state index in [0.717, 1.165) is 11.1 Å². The molecule has 1 aromatic rings. The summed E-state index contributed by atoms with van der Waals surface area (Å²) in [5, 5.41) is 0. The second kappa shape index (κ2) is 3.86. The Kier molecular flexibility index (Phi) is 2.81. The third kappa shape index (κ3) is 2.06. The maximum atomic E-state index is 11.3. The van der Waals surface area contributed by atoms with E-state index in [2.05, 4.69) is 0 Å². The number of carbonyl (C=O) groups is 1. The van der Waals surface area contributed by atoms with Crippen LogP contribution in [0.15, 0.2) is 36.4 Å². The van der Waals surface area contributed by atoms with Crippen LogP contribution in [0.4, 0.5) is 0 Å². The molecule has 0 atom stereocenters. The first-order valence-corrected chi connectivity index (χ1v) is 3.97. The van der Waals surface area contributed by atoms with E-state index in [1.54, 1.807) is 12.2 Å². The van der Waals surface area contributed by atoms with Crippen molar-refractivity contribution in [2.45, 2.75) is 13.8 Å². The maximum Gasteiger partial charge on any atom is 0.185 e. The predicted octanol–water partition coefficient (Wildman–Crippen LogP) is 2.75. The quantitative estimate of drug-likeness (QED) is 0.480. The van der Waals surface area contributed by atoms with Crippen LogP contribution in [0.2, 0.25) is 0 Å². The average molecular weight is 160 g/mol. The minimum Gasteiger partial charge on any atom is -0.289 e. The van der Waals surface area contributed by atoms with E-state index in [1.807, 2.05) is 38.1 Å². The molecule has 1 nitrogen and oxygen atoms in total. The highest BCUT2D eigenvalue weighted by atomic mass is 16.1. The molecule has 0 saturated heterocycles. The van der Waals surface area contributed by atoms with E-state index in [-0.39, 0.29) is 5.78 Å². The molecule has 1 rings (SSSR count). The summed E-state index contributed by atoms with van der Waals surface area (Å²) in [4.78, 5) is 11.3. The molecule has 0 fully saturated rings. The number of carbonyl (C=O) groups excluding carboxylic acids is 1. The van der Waals surface area contributed by atoms with Crippen molar-refractivity contribution < 1.29 is 4.79 Å². The van der Waals surface area contributed by atoms with Crippen LogP contribution in [0.1, 0.15) is 22.8 Å². The lowest BCUT2D eigenvalue weighted by Crippen LogP contribution is -1.93. The summed E-state index contributed by atoms with van der Waals surface area (Å²) in [5.74, 6) is 0.0706. The van der Waals surface area contributed by atoms with Gasteiger partial charge in [-0.1, -0.05) is 29.8 Å². The Balaban J connectivity index is 2.96. The monoisotopic (exact) mass is 160 g/mol. The number of rotatable bonds is 2. The van der Waals surface area contributed by atoms with Gasteiger partial charge in [-0.05, 0) is 26.0 Å². The first-order valence-electron chi connectivity index (χ1n) is 3.97. The van der Waals surface area contributed by atoms with Gasteiger partial charge in [-0.25, -0.2) is 0 Å². The third-order valence-electron chi connectivity index (χ3n) is 1.62. The van der Waals surface area contributed by atoms with Crippen molar-refractivity contribution in [1.29, 1.82) is 0 Å². The van der Waals surface area contributed by atoms with Crippen LogP contribution in [0.5, 0.6) is 0 Å². The smallest absolute Gasteiger partial charge is 0.185 e. The summed E-state index contributed by atoms with van der Waals surface area (Å²) in [6.45, 7) is 3.82. The molecule has 0 bridgehead atoms. The van der Waals surface area contributed by atoms with Crippen molar-refractivity contribution in [1.82, 2.24) is 0 Å². The van der Waals surface area contributed by atoms with Crippen LogP contribution in [-0.4, -0.2) is 5.78 Å². The highest BCUT2D eigenvalue weighted by Crippen LogP contribution is 2.05. The molecule has 0 aliphatic rings. The standard InChI is InChI=1S/C11H12O/c1-3-5-11(12)10-7-4-6-9(2)8-10/h3-8H,1-2H3/b5-3-. The second-order valence-corrected chi connectivity index (χ2v) is 2.73. The van der Waals surface area contributed by atoms with Gasteiger partial charge >= 0.3 is 0 Å². The zero-order valence-corrected chi connectivity index (χ0v) is 7.37. The Labute approximate surface area is 72.7 Å². The van der Waals surface area contributed by atoms with Crippen molar-refractivity contribution in [3.8, 4) is 0 Å². The van der Waals surface area contributed by atoms with Gasteiger partial charge in [0.05, 0.1) is 0 Å². The Morgan fingerprint density at radius 3 is 2.75 bits per heavy atom. The lowest BCUT2D eigenvalue weighted by Gasteiger charge is -1.96. The van der Waals surface area contributed by atoms with E-state index in [9.17, 15) is 4.79 Å². The molecule has 12 heavy (non-hydrogen) atoms. The Bertz CT molecular complexity index is 311. The SMILES string of the molecule is C/C=C\C(=O)c1cccc(C)c1. The number of hydrogen-bond acceptors (Lipinski definition) is 1. The van der Waals surface area contributed by atoms with Gasteiger partial charge < -0.3 is 0 Å². The van der Waals surface area contributed by atoms with Crippen molar-refractivity contribution in [2.75, 3.05) is 0 Å². The van der Waals surface area contributed by atoms with E-state index in [4.69, 9.17) is 0 Å². The van der Waals surface area contributed by atoms with Gasteiger partial charge in [-0.2, -0.15) is 0 Å². The summed E-state index contributed by atoms with van der Waals surface area (Å²) >= 11 is 0. The largest absolute Gasteiger partial charge is 0.289 e. The maximum absolute atomic E-state index is 11.3. The molecule has 0 radical (unpaired) electrons. The van der Waals surface area contributed by atoms with Crippen LogP contribution in [0.3, 0.4) is 0 Å².